The molecule has 0 aliphatic rings. The zero-order valence-electron chi connectivity index (χ0n) is 18.0. The van der Waals surface area contributed by atoms with E-state index < -0.39 is 23.0 Å². The molecule has 0 N–H and O–H groups in total. The first-order valence-corrected chi connectivity index (χ1v) is 10.1. The maximum atomic E-state index is 13.2. The number of hydrogen-bond acceptors (Lipinski definition) is 4. The smallest absolute Gasteiger partial charge is 0.324 e. The molecule has 3 aromatic rings. The van der Waals surface area contributed by atoms with Crippen molar-refractivity contribution in [1.82, 2.24) is 0 Å². The Labute approximate surface area is 177 Å². The molecule has 0 aliphatic heterocycles. The highest BCUT2D eigenvalue weighted by Gasteiger charge is 2.46. The van der Waals surface area contributed by atoms with Gasteiger partial charge in [0.05, 0.1) is 0 Å². The number of hydrogen-bond donors (Lipinski definition) is 0. The highest BCUT2D eigenvalue weighted by Crippen LogP contribution is 2.30. The van der Waals surface area contributed by atoms with Crippen LogP contribution in [-0.2, 0) is 32.1 Å². The van der Waals surface area contributed by atoms with Crippen LogP contribution in [0.25, 0.3) is 10.8 Å². The molecule has 4 heteroatoms. The Bertz CT molecular complexity index is 1030. The van der Waals surface area contributed by atoms with Crippen molar-refractivity contribution in [2.45, 2.75) is 46.3 Å². The van der Waals surface area contributed by atoms with Gasteiger partial charge in [-0.25, -0.2) is 0 Å². The summed E-state index contributed by atoms with van der Waals surface area (Å²) < 4.78 is 11.2. The molecular weight excluding hydrogens is 376 g/mol. The van der Waals surface area contributed by atoms with Gasteiger partial charge >= 0.3 is 11.9 Å². The number of rotatable bonds is 6. The highest BCUT2D eigenvalue weighted by atomic mass is 16.6. The Morgan fingerprint density at radius 3 is 2.10 bits per heavy atom. The molecular formula is C26H28O4. The maximum Gasteiger partial charge on any atom is 0.324 e. The van der Waals surface area contributed by atoms with Gasteiger partial charge in [0.1, 0.15) is 12.2 Å². The second-order valence-electron chi connectivity index (χ2n) is 8.71. The van der Waals surface area contributed by atoms with Crippen LogP contribution in [0.15, 0.2) is 72.8 Å². The maximum absolute atomic E-state index is 13.2. The zero-order valence-corrected chi connectivity index (χ0v) is 18.0. The van der Waals surface area contributed by atoms with Crippen molar-refractivity contribution in [2.75, 3.05) is 0 Å². The number of esters is 2. The third-order valence-electron chi connectivity index (χ3n) is 4.94. The molecule has 0 aromatic heterocycles. The number of carbonyl (C=O) groups excluding carboxylic acids is 2. The highest BCUT2D eigenvalue weighted by molar-refractivity contribution is 6.00. The van der Waals surface area contributed by atoms with Crippen molar-refractivity contribution >= 4 is 22.7 Å². The van der Waals surface area contributed by atoms with Crippen molar-refractivity contribution in [3.05, 3.63) is 83.9 Å². The summed E-state index contributed by atoms with van der Waals surface area (Å²) in [5.74, 6) is -1.17. The number of benzene rings is 3. The third kappa shape index (κ3) is 5.07. The summed E-state index contributed by atoms with van der Waals surface area (Å²) >= 11 is 0. The lowest BCUT2D eigenvalue weighted by molar-refractivity contribution is -0.179. The quantitative estimate of drug-likeness (QED) is 0.404. The molecule has 0 spiro atoms. The van der Waals surface area contributed by atoms with Crippen molar-refractivity contribution < 1.29 is 19.1 Å². The lowest BCUT2D eigenvalue weighted by atomic mass is 9.83. The Morgan fingerprint density at radius 1 is 0.767 bits per heavy atom. The van der Waals surface area contributed by atoms with Gasteiger partial charge in [0.2, 0.25) is 0 Å². The van der Waals surface area contributed by atoms with Crippen LogP contribution in [0.3, 0.4) is 0 Å². The summed E-state index contributed by atoms with van der Waals surface area (Å²) in [5, 5.41) is 2.10. The van der Waals surface area contributed by atoms with Crippen molar-refractivity contribution in [1.29, 1.82) is 0 Å². The van der Waals surface area contributed by atoms with E-state index in [2.05, 4.69) is 0 Å². The van der Waals surface area contributed by atoms with E-state index >= 15 is 0 Å². The average Bonchev–Trinajstić information content (AvgIpc) is 2.71. The number of fused-ring (bicyclic) bond motifs is 1. The van der Waals surface area contributed by atoms with Crippen LogP contribution >= 0.6 is 0 Å². The van der Waals surface area contributed by atoms with E-state index in [1.54, 1.807) is 27.7 Å². The Hall–Kier alpha value is -3.14. The Morgan fingerprint density at radius 2 is 1.40 bits per heavy atom. The lowest BCUT2D eigenvalue weighted by Crippen LogP contribution is -2.44. The minimum Gasteiger partial charge on any atom is -0.460 e. The van der Waals surface area contributed by atoms with Crippen LogP contribution in [0, 0.1) is 5.41 Å². The largest absolute Gasteiger partial charge is 0.460 e. The molecule has 0 bridgehead atoms. The van der Waals surface area contributed by atoms with Gasteiger partial charge in [0.15, 0.2) is 5.41 Å². The minimum atomic E-state index is -1.45. The minimum absolute atomic E-state index is 0.0906. The van der Waals surface area contributed by atoms with Gasteiger partial charge in [-0.05, 0) is 56.0 Å². The molecule has 0 unspecified atom stereocenters. The van der Waals surface area contributed by atoms with Gasteiger partial charge in [-0.1, -0.05) is 72.8 Å². The van der Waals surface area contributed by atoms with Gasteiger partial charge in [0.25, 0.3) is 0 Å². The van der Waals surface area contributed by atoms with Gasteiger partial charge in [0, 0.05) is 0 Å². The normalized spacial score (nSPS) is 13.5. The molecule has 0 saturated heterocycles. The molecule has 0 heterocycles. The molecule has 0 fully saturated rings. The summed E-state index contributed by atoms with van der Waals surface area (Å²) in [7, 11) is 0. The SMILES string of the molecule is CC(C)(C)OC(=O)[C@@](C)(Cc1ccccc1)C(=O)OCc1cccc2ccccc12. The van der Waals surface area contributed by atoms with Crippen molar-refractivity contribution in [2.24, 2.45) is 5.41 Å². The van der Waals surface area contributed by atoms with Gasteiger partial charge in [-0.2, -0.15) is 0 Å². The van der Waals surface area contributed by atoms with Crippen LogP contribution in [0.2, 0.25) is 0 Å². The first-order valence-electron chi connectivity index (χ1n) is 10.1. The molecule has 3 rings (SSSR count). The molecule has 0 aliphatic carbocycles. The molecule has 0 radical (unpaired) electrons. The van der Waals surface area contributed by atoms with E-state index in [1.807, 2.05) is 72.8 Å². The average molecular weight is 405 g/mol. The second-order valence-corrected chi connectivity index (χ2v) is 8.71. The van der Waals surface area contributed by atoms with Crippen LogP contribution in [0.1, 0.15) is 38.8 Å². The van der Waals surface area contributed by atoms with E-state index in [-0.39, 0.29) is 13.0 Å². The van der Waals surface area contributed by atoms with Crippen LogP contribution in [-0.4, -0.2) is 17.5 Å². The van der Waals surface area contributed by atoms with E-state index in [1.165, 1.54) is 0 Å². The zero-order chi connectivity index (χ0) is 21.8. The first kappa shape index (κ1) is 21.6. The van der Waals surface area contributed by atoms with Gasteiger partial charge < -0.3 is 9.47 Å². The van der Waals surface area contributed by atoms with Crippen LogP contribution < -0.4 is 0 Å². The molecule has 1 atom stereocenters. The summed E-state index contributed by atoms with van der Waals surface area (Å²) in [6.45, 7) is 7.05. The molecule has 156 valence electrons. The Balaban J connectivity index is 1.84. The predicted octanol–water partition coefficient (Wildman–Crippen LogP) is 5.47. The van der Waals surface area contributed by atoms with E-state index in [0.717, 1.165) is 21.9 Å². The van der Waals surface area contributed by atoms with Gasteiger partial charge in [-0.15, -0.1) is 0 Å². The fraction of sp³-hybridized carbons (Fsp3) is 0.308. The van der Waals surface area contributed by atoms with Crippen molar-refractivity contribution in [3.63, 3.8) is 0 Å². The van der Waals surface area contributed by atoms with Crippen molar-refractivity contribution in [3.8, 4) is 0 Å². The molecule has 4 nitrogen and oxygen atoms in total. The Kier molecular flexibility index (Phi) is 6.25. The van der Waals surface area contributed by atoms with E-state index in [4.69, 9.17) is 9.47 Å². The standard InChI is InChI=1S/C26H28O4/c1-25(2,3)30-24(28)26(4,17-19-11-6-5-7-12-19)23(27)29-18-21-15-10-14-20-13-8-9-16-22(20)21/h5-16H,17-18H2,1-4H3/t26-/m0/s1. The molecule has 30 heavy (non-hydrogen) atoms. The molecule has 3 aromatic carbocycles. The number of ether oxygens (including phenoxy) is 2. The summed E-state index contributed by atoms with van der Waals surface area (Å²) in [4.78, 5) is 26.2. The monoisotopic (exact) mass is 404 g/mol. The fourth-order valence-electron chi connectivity index (χ4n) is 3.34. The number of carbonyl (C=O) groups is 2. The predicted molar refractivity (Wildman–Crippen MR) is 118 cm³/mol. The second kappa shape index (κ2) is 8.70. The summed E-state index contributed by atoms with van der Waals surface area (Å²) in [6.07, 6.45) is 0.205. The van der Waals surface area contributed by atoms with E-state index in [0.29, 0.717) is 0 Å². The third-order valence-corrected chi connectivity index (χ3v) is 4.94. The summed E-state index contributed by atoms with van der Waals surface area (Å²) in [5.41, 5.74) is -0.384. The summed E-state index contributed by atoms with van der Waals surface area (Å²) in [6, 6.07) is 23.2. The van der Waals surface area contributed by atoms with Crippen LogP contribution in [0.4, 0.5) is 0 Å². The fourth-order valence-corrected chi connectivity index (χ4v) is 3.34. The van der Waals surface area contributed by atoms with E-state index in [9.17, 15) is 9.59 Å². The molecule has 0 amide bonds. The lowest BCUT2D eigenvalue weighted by Gasteiger charge is -2.30. The van der Waals surface area contributed by atoms with Crippen LogP contribution in [0.5, 0.6) is 0 Å². The topological polar surface area (TPSA) is 52.6 Å². The molecule has 0 saturated carbocycles. The van der Waals surface area contributed by atoms with Gasteiger partial charge in [-0.3, -0.25) is 9.59 Å². The first-order chi connectivity index (χ1) is 14.2.